The first-order valence-electron chi connectivity index (χ1n) is 10.9. The first kappa shape index (κ1) is 25.0. The number of urea groups is 1. The summed E-state index contributed by atoms with van der Waals surface area (Å²) in [6.45, 7) is 4.35. The van der Waals surface area contributed by atoms with Gasteiger partial charge in [-0.15, -0.1) is 0 Å². The Morgan fingerprint density at radius 2 is 2.03 bits per heavy atom. The molecule has 0 bridgehead atoms. The van der Waals surface area contributed by atoms with Gasteiger partial charge in [0.1, 0.15) is 23.3 Å². The molecule has 3 heterocycles. The molecular formula is C23H26F2N6O3S. The summed E-state index contributed by atoms with van der Waals surface area (Å²) in [4.78, 5) is 18.5. The van der Waals surface area contributed by atoms with E-state index >= 15 is 0 Å². The highest BCUT2D eigenvalue weighted by molar-refractivity contribution is 7.90. The van der Waals surface area contributed by atoms with E-state index in [0.717, 1.165) is 21.6 Å². The number of carbonyl (C=O) groups is 1. The standard InChI is InChI=1S/C23H26F2N6O3S/c1-14-5-15(2)21(16(3)6-14)35(33)28-9-18-10-31-20(29-18)7-17(8-27-31)19(11-34-4)30-13-23(24,25)12-26-22(30)32/h5-10,19H,11-13H2,1-4H3,(H,26,32)/b28-9+/t19-,35+/m1/s1. The van der Waals surface area contributed by atoms with Crippen LogP contribution in [0.15, 0.2) is 39.9 Å². The maximum absolute atomic E-state index is 14.0. The molecule has 0 aliphatic carbocycles. The lowest BCUT2D eigenvalue weighted by Gasteiger charge is -2.38. The number of hydrogen-bond donors (Lipinski definition) is 1. The van der Waals surface area contributed by atoms with Gasteiger partial charge in [0.05, 0.1) is 38.1 Å². The minimum atomic E-state index is -3.06. The molecule has 0 spiro atoms. The molecule has 186 valence electrons. The molecule has 1 aliphatic rings. The number of hydrogen-bond acceptors (Lipinski definition) is 6. The molecule has 1 aliphatic heterocycles. The van der Waals surface area contributed by atoms with Gasteiger partial charge in [-0.25, -0.2) is 23.1 Å². The Hall–Kier alpha value is -3.09. The highest BCUT2D eigenvalue weighted by Gasteiger charge is 2.42. The van der Waals surface area contributed by atoms with Gasteiger partial charge in [0.15, 0.2) is 10.5 Å². The van der Waals surface area contributed by atoms with E-state index in [4.69, 9.17) is 4.74 Å². The Bertz CT molecular complexity index is 1260. The van der Waals surface area contributed by atoms with Crippen molar-refractivity contribution in [2.45, 2.75) is 37.6 Å². The van der Waals surface area contributed by atoms with Crippen LogP contribution < -0.4 is 5.32 Å². The van der Waals surface area contributed by atoms with Crippen molar-refractivity contribution in [1.82, 2.24) is 24.8 Å². The number of rotatable bonds is 7. The number of nitrogens with one attached hydrogen (secondary N) is 1. The third-order valence-corrected chi connectivity index (χ3v) is 6.96. The first-order valence-corrected chi connectivity index (χ1v) is 12.0. The normalized spacial score (nSPS) is 17.7. The molecule has 3 aromatic rings. The summed E-state index contributed by atoms with van der Waals surface area (Å²) in [6.07, 6.45) is 4.51. The SMILES string of the molecule is COC[C@H](c1cnn2cc(/C=N/[S@@+]([O-])c3c(C)cc(C)cc3C)nc2c1)N1CC(F)(F)CNC1=O. The summed E-state index contributed by atoms with van der Waals surface area (Å²) in [5, 5.41) is 6.52. The van der Waals surface area contributed by atoms with Crippen LogP contribution in [0.1, 0.15) is 34.0 Å². The highest BCUT2D eigenvalue weighted by atomic mass is 32.2. The molecule has 0 unspecified atom stereocenters. The fourth-order valence-electron chi connectivity index (χ4n) is 4.21. The van der Waals surface area contributed by atoms with Crippen LogP contribution in [0.25, 0.3) is 5.65 Å². The van der Waals surface area contributed by atoms with Crippen LogP contribution in [0.2, 0.25) is 0 Å². The first-order chi connectivity index (χ1) is 16.6. The van der Waals surface area contributed by atoms with Crippen LogP contribution in [-0.2, 0) is 16.1 Å². The fraction of sp³-hybridized carbons (Fsp3) is 0.391. The largest absolute Gasteiger partial charge is 0.586 e. The van der Waals surface area contributed by atoms with Gasteiger partial charge in [0, 0.05) is 23.8 Å². The number of benzene rings is 1. The number of aryl methyl sites for hydroxylation is 3. The van der Waals surface area contributed by atoms with Crippen molar-refractivity contribution in [3.8, 4) is 0 Å². The zero-order valence-electron chi connectivity index (χ0n) is 19.8. The summed E-state index contributed by atoms with van der Waals surface area (Å²) < 4.78 is 51.6. The number of carbonyl (C=O) groups excluding carboxylic acids is 1. The van der Waals surface area contributed by atoms with E-state index in [2.05, 4.69) is 19.8 Å². The van der Waals surface area contributed by atoms with Gasteiger partial charge < -0.3 is 19.5 Å². The molecule has 0 saturated carbocycles. The molecule has 2 atom stereocenters. The van der Waals surface area contributed by atoms with Crippen LogP contribution >= 0.6 is 0 Å². The number of halogens is 2. The van der Waals surface area contributed by atoms with E-state index < -0.39 is 42.4 Å². The van der Waals surface area contributed by atoms with Crippen molar-refractivity contribution in [3.05, 3.63) is 58.5 Å². The lowest BCUT2D eigenvalue weighted by Crippen LogP contribution is -2.58. The number of imidazole rings is 1. The molecular weight excluding hydrogens is 478 g/mol. The molecule has 1 N–H and O–H groups in total. The van der Waals surface area contributed by atoms with E-state index in [0.29, 0.717) is 21.8 Å². The van der Waals surface area contributed by atoms with Crippen molar-refractivity contribution < 1.29 is 22.9 Å². The molecule has 0 radical (unpaired) electrons. The van der Waals surface area contributed by atoms with Gasteiger partial charge in [-0.3, -0.25) is 0 Å². The summed E-state index contributed by atoms with van der Waals surface area (Å²) in [5.74, 6) is -3.06. The van der Waals surface area contributed by atoms with Crippen molar-refractivity contribution >= 4 is 29.3 Å². The van der Waals surface area contributed by atoms with Crippen LogP contribution in [0.5, 0.6) is 0 Å². The summed E-state index contributed by atoms with van der Waals surface area (Å²) in [5.41, 5.74) is 4.23. The predicted molar refractivity (Wildman–Crippen MR) is 127 cm³/mol. The zero-order valence-corrected chi connectivity index (χ0v) is 20.6. The van der Waals surface area contributed by atoms with Crippen molar-refractivity contribution in [2.75, 3.05) is 26.8 Å². The number of aromatic nitrogens is 3. The zero-order chi connectivity index (χ0) is 25.3. The third kappa shape index (κ3) is 5.44. The summed E-state index contributed by atoms with van der Waals surface area (Å²) in [7, 11) is 1.43. The average molecular weight is 505 g/mol. The van der Waals surface area contributed by atoms with Gasteiger partial charge in [-0.2, -0.15) is 5.10 Å². The molecule has 2 aromatic heterocycles. The molecule has 1 fully saturated rings. The maximum atomic E-state index is 14.0. The van der Waals surface area contributed by atoms with Gasteiger partial charge in [0.2, 0.25) is 0 Å². The second-order valence-electron chi connectivity index (χ2n) is 8.58. The highest BCUT2D eigenvalue weighted by Crippen LogP contribution is 2.28. The topological polar surface area (TPSA) is 107 Å². The summed E-state index contributed by atoms with van der Waals surface area (Å²) in [6, 6.07) is 4.19. The lowest BCUT2D eigenvalue weighted by molar-refractivity contribution is -0.0509. The van der Waals surface area contributed by atoms with E-state index in [9.17, 15) is 18.1 Å². The Kier molecular flexibility index (Phi) is 7.06. The minimum absolute atomic E-state index is 0.00457. The predicted octanol–water partition coefficient (Wildman–Crippen LogP) is 3.14. The van der Waals surface area contributed by atoms with Crippen molar-refractivity contribution in [1.29, 1.82) is 0 Å². The molecule has 9 nitrogen and oxygen atoms in total. The fourth-order valence-corrected chi connectivity index (χ4v) is 5.19. The van der Waals surface area contributed by atoms with Crippen LogP contribution in [-0.4, -0.2) is 69.0 Å². The van der Waals surface area contributed by atoms with E-state index in [1.165, 1.54) is 24.0 Å². The number of methoxy groups -OCH3 is 1. The Morgan fingerprint density at radius 3 is 2.71 bits per heavy atom. The van der Waals surface area contributed by atoms with Crippen LogP contribution in [0.3, 0.4) is 0 Å². The molecule has 1 saturated heterocycles. The molecule has 2 amide bonds. The molecule has 1 aromatic carbocycles. The van der Waals surface area contributed by atoms with Crippen LogP contribution in [0.4, 0.5) is 13.6 Å². The molecule has 35 heavy (non-hydrogen) atoms. The summed E-state index contributed by atoms with van der Waals surface area (Å²) >= 11 is -1.61. The number of nitrogens with zero attached hydrogens (tertiary/aromatic N) is 5. The smallest absolute Gasteiger partial charge is 0.318 e. The van der Waals surface area contributed by atoms with Gasteiger partial charge in [0.25, 0.3) is 5.92 Å². The van der Waals surface area contributed by atoms with Gasteiger partial charge in [-0.1, -0.05) is 22.1 Å². The Labute approximate surface area is 204 Å². The van der Waals surface area contributed by atoms with Crippen molar-refractivity contribution in [2.24, 2.45) is 4.40 Å². The Morgan fingerprint density at radius 1 is 1.31 bits per heavy atom. The molecule has 4 rings (SSSR count). The third-order valence-electron chi connectivity index (χ3n) is 5.67. The monoisotopic (exact) mass is 504 g/mol. The number of amides is 2. The number of ether oxygens (including phenoxy) is 1. The van der Waals surface area contributed by atoms with E-state index in [-0.39, 0.29) is 6.61 Å². The van der Waals surface area contributed by atoms with E-state index in [1.807, 2.05) is 32.9 Å². The number of alkyl halides is 2. The van der Waals surface area contributed by atoms with Crippen LogP contribution in [0, 0.1) is 20.8 Å². The van der Waals surface area contributed by atoms with Gasteiger partial charge >= 0.3 is 6.03 Å². The van der Waals surface area contributed by atoms with Crippen molar-refractivity contribution in [3.63, 3.8) is 0 Å². The Balaban J connectivity index is 1.59. The number of fused-ring (bicyclic) bond motifs is 1. The average Bonchev–Trinajstić information content (AvgIpc) is 3.19. The molecule has 12 heteroatoms. The van der Waals surface area contributed by atoms with E-state index in [1.54, 1.807) is 12.3 Å². The van der Waals surface area contributed by atoms with Gasteiger partial charge in [-0.05, 0) is 26.8 Å². The second kappa shape index (κ2) is 9.88. The maximum Gasteiger partial charge on any atom is 0.318 e. The lowest BCUT2D eigenvalue weighted by atomic mass is 10.1. The quantitative estimate of drug-likeness (QED) is 0.393. The minimum Gasteiger partial charge on any atom is -0.586 e. The second-order valence-corrected chi connectivity index (χ2v) is 9.70.